The molecule has 0 bridgehead atoms. The molecule has 0 spiro atoms. The Kier molecular flexibility index (Phi) is 7.29. The second kappa shape index (κ2) is 11.0. The molecular weight excluding hydrogens is 554 g/mol. The van der Waals surface area contributed by atoms with Gasteiger partial charge >= 0.3 is 6.18 Å². The summed E-state index contributed by atoms with van der Waals surface area (Å²) in [4.78, 5) is 20.8. The van der Waals surface area contributed by atoms with Crippen molar-refractivity contribution in [2.45, 2.75) is 6.18 Å². The first-order valence-corrected chi connectivity index (χ1v) is 11.6. The molecule has 208 valence electrons. The largest absolute Gasteiger partial charge is 0.436 e. The lowest BCUT2D eigenvalue weighted by molar-refractivity contribution is -0.143. The van der Waals surface area contributed by atoms with Gasteiger partial charge in [-0.25, -0.2) is 22.8 Å². The van der Waals surface area contributed by atoms with Crippen molar-refractivity contribution >= 4 is 23.2 Å². The Morgan fingerprint density at radius 3 is 2.37 bits per heavy atom. The molecule has 0 aliphatic heterocycles. The molecule has 2 aromatic heterocycles. The van der Waals surface area contributed by atoms with Crippen LogP contribution in [0.25, 0.3) is 5.69 Å². The average molecular weight is 570 g/mol. The maximum atomic E-state index is 14.8. The monoisotopic (exact) mass is 570 g/mol. The van der Waals surface area contributed by atoms with E-state index in [4.69, 9.17) is 4.74 Å². The lowest BCUT2D eigenvalue weighted by Gasteiger charge is -2.13. The van der Waals surface area contributed by atoms with Gasteiger partial charge in [-0.2, -0.15) is 23.3 Å². The van der Waals surface area contributed by atoms with E-state index in [0.717, 1.165) is 36.4 Å². The van der Waals surface area contributed by atoms with Crippen molar-refractivity contribution in [3.8, 4) is 17.3 Å². The third-order valence-electron chi connectivity index (χ3n) is 5.47. The Labute approximate surface area is 227 Å². The fourth-order valence-electron chi connectivity index (χ4n) is 3.69. The van der Waals surface area contributed by atoms with Gasteiger partial charge in [0.2, 0.25) is 11.8 Å². The minimum Gasteiger partial charge on any atom is -0.436 e. The number of nitrogens with zero attached hydrogens (tertiary/aromatic N) is 4. The van der Waals surface area contributed by atoms with Crippen LogP contribution in [0.2, 0.25) is 0 Å². The number of halogens is 6. The van der Waals surface area contributed by atoms with Crippen molar-refractivity contribution in [3.05, 3.63) is 114 Å². The minimum atomic E-state index is -5.00. The van der Waals surface area contributed by atoms with Crippen molar-refractivity contribution < 1.29 is 35.9 Å². The van der Waals surface area contributed by atoms with Gasteiger partial charge in [-0.05, 0) is 54.6 Å². The van der Waals surface area contributed by atoms with Crippen LogP contribution >= 0.6 is 0 Å². The third-order valence-corrected chi connectivity index (χ3v) is 5.47. The normalized spacial score (nSPS) is 11.3. The van der Waals surface area contributed by atoms with E-state index in [-0.39, 0.29) is 29.0 Å². The van der Waals surface area contributed by atoms with Gasteiger partial charge in [-0.1, -0.05) is 6.07 Å². The second-order valence-corrected chi connectivity index (χ2v) is 8.35. The number of rotatable bonds is 7. The molecule has 2 N–H and O–H groups in total. The summed E-state index contributed by atoms with van der Waals surface area (Å²) in [5, 5.41) is 8.62. The van der Waals surface area contributed by atoms with Gasteiger partial charge in [-0.3, -0.25) is 4.79 Å². The fourth-order valence-corrected chi connectivity index (χ4v) is 3.69. The zero-order valence-corrected chi connectivity index (χ0v) is 20.5. The van der Waals surface area contributed by atoms with Crippen LogP contribution in [-0.4, -0.2) is 25.7 Å². The summed E-state index contributed by atoms with van der Waals surface area (Å²) in [6, 6.07) is 14.1. The zero-order valence-electron chi connectivity index (χ0n) is 20.5. The number of benzene rings is 3. The molecule has 0 saturated carbocycles. The number of aromatic nitrogens is 4. The molecule has 3 aromatic carbocycles. The van der Waals surface area contributed by atoms with Crippen LogP contribution < -0.4 is 15.4 Å². The summed E-state index contributed by atoms with van der Waals surface area (Å²) >= 11 is 0. The molecule has 1 amide bonds. The Balaban J connectivity index is 1.32. The number of carbonyl (C=O) groups excluding carboxylic acids is 1. The number of alkyl halides is 3. The van der Waals surface area contributed by atoms with Crippen molar-refractivity contribution in [3.63, 3.8) is 0 Å². The van der Waals surface area contributed by atoms with E-state index in [0.29, 0.717) is 16.6 Å². The molecule has 5 rings (SSSR count). The fraction of sp³-hybridized carbons (Fsp3) is 0.0370. The molecule has 2 heterocycles. The third kappa shape index (κ3) is 6.27. The first kappa shape index (κ1) is 27.2. The Hall–Kier alpha value is -5.40. The van der Waals surface area contributed by atoms with E-state index >= 15 is 0 Å². The number of hydrogen-bond acceptors (Lipinski definition) is 6. The van der Waals surface area contributed by atoms with Crippen molar-refractivity contribution in [2.24, 2.45) is 0 Å². The highest BCUT2D eigenvalue weighted by Gasteiger charge is 2.40. The van der Waals surface area contributed by atoms with E-state index in [1.807, 2.05) is 0 Å². The molecule has 8 nitrogen and oxygen atoms in total. The summed E-state index contributed by atoms with van der Waals surface area (Å²) in [7, 11) is 0. The second-order valence-electron chi connectivity index (χ2n) is 8.35. The SMILES string of the molecule is O=C(Nc1ccc(Oc2ccnc(Nc3cccc(F)c3)n2)c(F)c1)c1cnn(-c2ccc(F)cc2)c1C(F)(F)F. The van der Waals surface area contributed by atoms with Crippen molar-refractivity contribution in [1.82, 2.24) is 19.7 Å². The lowest BCUT2D eigenvalue weighted by Crippen LogP contribution is -2.20. The predicted octanol–water partition coefficient (Wildman–Crippen LogP) is 6.89. The molecule has 0 radical (unpaired) electrons. The Morgan fingerprint density at radius 1 is 0.878 bits per heavy atom. The van der Waals surface area contributed by atoms with Crippen LogP contribution in [0, 0.1) is 17.5 Å². The number of anilines is 3. The van der Waals surface area contributed by atoms with Gasteiger partial charge in [-0.15, -0.1) is 0 Å². The molecule has 0 aliphatic rings. The van der Waals surface area contributed by atoms with E-state index < -0.39 is 40.8 Å². The predicted molar refractivity (Wildman–Crippen MR) is 135 cm³/mol. The molecule has 0 atom stereocenters. The highest BCUT2D eigenvalue weighted by molar-refractivity contribution is 6.05. The summed E-state index contributed by atoms with van der Waals surface area (Å²) < 4.78 is 89.0. The van der Waals surface area contributed by atoms with E-state index in [9.17, 15) is 31.1 Å². The van der Waals surface area contributed by atoms with Gasteiger partial charge in [0, 0.05) is 29.7 Å². The van der Waals surface area contributed by atoms with E-state index in [2.05, 4.69) is 25.7 Å². The zero-order chi connectivity index (χ0) is 29.1. The number of nitrogens with one attached hydrogen (secondary N) is 2. The first-order valence-electron chi connectivity index (χ1n) is 11.6. The number of carbonyl (C=O) groups is 1. The lowest BCUT2D eigenvalue weighted by atomic mass is 10.2. The van der Waals surface area contributed by atoms with E-state index in [1.165, 1.54) is 36.5 Å². The van der Waals surface area contributed by atoms with Crippen LogP contribution in [-0.2, 0) is 6.18 Å². The molecule has 14 heteroatoms. The van der Waals surface area contributed by atoms with Gasteiger partial charge in [0.05, 0.1) is 17.4 Å². The molecular formula is C27H16F6N6O2. The summed E-state index contributed by atoms with van der Waals surface area (Å²) in [5.74, 6) is -3.65. The molecule has 0 unspecified atom stereocenters. The maximum Gasteiger partial charge on any atom is 0.434 e. The van der Waals surface area contributed by atoms with Crippen molar-refractivity contribution in [1.29, 1.82) is 0 Å². The minimum absolute atomic E-state index is 0.0408. The first-order chi connectivity index (χ1) is 19.6. The molecule has 41 heavy (non-hydrogen) atoms. The highest BCUT2D eigenvalue weighted by atomic mass is 19.4. The number of ether oxygens (including phenoxy) is 1. The summed E-state index contributed by atoms with van der Waals surface area (Å²) in [6.07, 6.45) is -2.97. The molecule has 5 aromatic rings. The van der Waals surface area contributed by atoms with E-state index in [1.54, 1.807) is 6.07 Å². The van der Waals surface area contributed by atoms with Crippen LogP contribution in [0.4, 0.5) is 43.7 Å². The smallest absolute Gasteiger partial charge is 0.434 e. The van der Waals surface area contributed by atoms with Gasteiger partial charge < -0.3 is 15.4 Å². The number of amides is 1. The van der Waals surface area contributed by atoms with Gasteiger partial charge in [0.1, 0.15) is 11.6 Å². The summed E-state index contributed by atoms with van der Waals surface area (Å²) in [6.45, 7) is 0. The van der Waals surface area contributed by atoms with Crippen LogP contribution in [0.5, 0.6) is 11.6 Å². The summed E-state index contributed by atoms with van der Waals surface area (Å²) in [5.41, 5.74) is -2.15. The molecule has 0 aliphatic carbocycles. The highest BCUT2D eigenvalue weighted by Crippen LogP contribution is 2.34. The topological polar surface area (TPSA) is 94.0 Å². The number of hydrogen-bond donors (Lipinski definition) is 2. The molecule has 0 saturated heterocycles. The average Bonchev–Trinajstić information content (AvgIpc) is 3.37. The quantitative estimate of drug-likeness (QED) is 0.207. The van der Waals surface area contributed by atoms with Gasteiger partial charge in [0.25, 0.3) is 5.91 Å². The van der Waals surface area contributed by atoms with Crippen LogP contribution in [0.1, 0.15) is 16.1 Å². The Bertz CT molecular complexity index is 1720. The van der Waals surface area contributed by atoms with Gasteiger partial charge in [0.15, 0.2) is 17.3 Å². The van der Waals surface area contributed by atoms with Crippen LogP contribution in [0.15, 0.2) is 85.2 Å². The molecule has 0 fully saturated rings. The van der Waals surface area contributed by atoms with Crippen LogP contribution in [0.3, 0.4) is 0 Å². The standard InChI is InChI=1S/C27H16F6N6O2/c28-15-4-7-19(8-5-15)39-24(27(31,32)33)20(14-35-39)25(40)36-18-6-9-22(21(30)13-18)41-23-10-11-34-26(38-23)37-17-3-1-2-16(29)12-17/h1-14H,(H,36,40)(H,34,37,38). The Morgan fingerprint density at radius 2 is 1.66 bits per heavy atom. The van der Waals surface area contributed by atoms with Crippen molar-refractivity contribution in [2.75, 3.05) is 10.6 Å². The maximum absolute atomic E-state index is 14.8.